The molecule has 0 unspecified atom stereocenters. The molecule has 2 rings (SSSR count). The number of piperidine rings is 1. The van der Waals surface area contributed by atoms with Crippen LogP contribution in [0.5, 0.6) is 0 Å². The molecule has 16 heavy (non-hydrogen) atoms. The van der Waals surface area contributed by atoms with Gasteiger partial charge in [0, 0.05) is 6.04 Å². The van der Waals surface area contributed by atoms with Crippen LogP contribution in [0.1, 0.15) is 22.5 Å². The molecule has 6 heteroatoms. The molecule has 90 valence electrons. The van der Waals surface area contributed by atoms with Gasteiger partial charge >= 0.3 is 0 Å². The van der Waals surface area contributed by atoms with Gasteiger partial charge in [0.1, 0.15) is 0 Å². The zero-order valence-electron chi connectivity index (χ0n) is 8.66. The van der Waals surface area contributed by atoms with Crippen LogP contribution in [0.3, 0.4) is 0 Å². The third-order valence-corrected chi connectivity index (χ3v) is 3.70. The van der Waals surface area contributed by atoms with Crippen molar-refractivity contribution in [3.63, 3.8) is 0 Å². The number of hydrogen-bond donors (Lipinski definition) is 2. The molecule has 0 bridgehead atoms. The maximum Gasteiger partial charge on any atom is 0.261 e. The van der Waals surface area contributed by atoms with Gasteiger partial charge in [0.2, 0.25) is 0 Å². The minimum absolute atomic E-state index is 0. The smallest absolute Gasteiger partial charge is 0.261 e. The summed E-state index contributed by atoms with van der Waals surface area (Å²) in [4.78, 5) is 12.4. The number of halogens is 2. The van der Waals surface area contributed by atoms with E-state index in [1.54, 1.807) is 12.1 Å². The Morgan fingerprint density at radius 3 is 2.69 bits per heavy atom. The summed E-state index contributed by atoms with van der Waals surface area (Å²) in [5.74, 6) is -0.00111. The van der Waals surface area contributed by atoms with Crippen LogP contribution >= 0.6 is 35.3 Å². The zero-order valence-corrected chi connectivity index (χ0v) is 11.1. The largest absolute Gasteiger partial charge is 0.349 e. The van der Waals surface area contributed by atoms with Crippen LogP contribution in [0, 0.1) is 0 Å². The molecule has 0 aliphatic carbocycles. The summed E-state index contributed by atoms with van der Waals surface area (Å²) in [7, 11) is 0. The van der Waals surface area contributed by atoms with Gasteiger partial charge in [0.15, 0.2) is 0 Å². The zero-order chi connectivity index (χ0) is 10.7. The van der Waals surface area contributed by atoms with Gasteiger partial charge in [-0.3, -0.25) is 4.79 Å². The molecule has 1 aromatic heterocycles. The first-order valence-corrected chi connectivity index (χ1v) is 6.22. The van der Waals surface area contributed by atoms with Crippen molar-refractivity contribution in [2.75, 3.05) is 13.1 Å². The standard InChI is InChI=1S/C10H13ClN2OS.ClH/c11-9-2-1-8(15-9)10(14)13-7-3-5-12-6-4-7;/h1-2,7,12H,3-6H2,(H,13,14);1H. The van der Waals surface area contributed by atoms with E-state index in [0.717, 1.165) is 25.9 Å². The Morgan fingerprint density at radius 1 is 1.44 bits per heavy atom. The summed E-state index contributed by atoms with van der Waals surface area (Å²) in [5.41, 5.74) is 0. The van der Waals surface area contributed by atoms with Crippen molar-refractivity contribution in [2.45, 2.75) is 18.9 Å². The van der Waals surface area contributed by atoms with E-state index >= 15 is 0 Å². The number of rotatable bonds is 2. The molecule has 0 saturated carbocycles. The quantitative estimate of drug-likeness (QED) is 0.873. The Morgan fingerprint density at radius 2 is 2.12 bits per heavy atom. The van der Waals surface area contributed by atoms with Crippen molar-refractivity contribution >= 4 is 41.3 Å². The lowest BCUT2D eigenvalue weighted by molar-refractivity contribution is 0.0933. The highest BCUT2D eigenvalue weighted by Crippen LogP contribution is 2.21. The second-order valence-corrected chi connectivity index (χ2v) is 5.32. The van der Waals surface area contributed by atoms with Gasteiger partial charge in [0.25, 0.3) is 5.91 Å². The summed E-state index contributed by atoms with van der Waals surface area (Å²) in [6.07, 6.45) is 2.01. The molecule has 3 nitrogen and oxygen atoms in total. The number of carbonyl (C=O) groups is 1. The Hall–Kier alpha value is -0.290. The Bertz CT molecular complexity index is 350. The van der Waals surface area contributed by atoms with Crippen LogP contribution in [-0.4, -0.2) is 25.0 Å². The molecule has 0 spiro atoms. The molecule has 1 aliphatic rings. The van der Waals surface area contributed by atoms with Crippen LogP contribution < -0.4 is 10.6 Å². The number of thiophene rings is 1. The van der Waals surface area contributed by atoms with Gasteiger partial charge in [-0.25, -0.2) is 0 Å². The van der Waals surface area contributed by atoms with Crippen LogP contribution in [0.4, 0.5) is 0 Å². The average molecular weight is 281 g/mol. The van der Waals surface area contributed by atoms with Crippen molar-refractivity contribution in [1.29, 1.82) is 0 Å². The minimum atomic E-state index is -0.00111. The van der Waals surface area contributed by atoms with Crippen molar-refractivity contribution < 1.29 is 4.79 Å². The van der Waals surface area contributed by atoms with Crippen LogP contribution in [0.25, 0.3) is 0 Å². The molecule has 0 radical (unpaired) electrons. The third-order valence-electron chi connectivity index (χ3n) is 2.47. The predicted octanol–water partition coefficient (Wildman–Crippen LogP) is 2.31. The number of nitrogens with one attached hydrogen (secondary N) is 2. The topological polar surface area (TPSA) is 41.1 Å². The molecule has 0 aromatic carbocycles. The third kappa shape index (κ3) is 3.63. The van der Waals surface area contributed by atoms with Gasteiger partial charge in [-0.15, -0.1) is 23.7 Å². The fourth-order valence-electron chi connectivity index (χ4n) is 1.66. The van der Waals surface area contributed by atoms with Gasteiger partial charge < -0.3 is 10.6 Å². The summed E-state index contributed by atoms with van der Waals surface area (Å²) >= 11 is 7.10. The van der Waals surface area contributed by atoms with E-state index in [2.05, 4.69) is 10.6 Å². The molecule has 1 aromatic rings. The van der Waals surface area contributed by atoms with E-state index < -0.39 is 0 Å². The first-order valence-electron chi connectivity index (χ1n) is 5.02. The van der Waals surface area contributed by atoms with Gasteiger partial charge in [0.05, 0.1) is 9.21 Å². The maximum atomic E-state index is 11.7. The molecule has 0 atom stereocenters. The molecular formula is C10H14Cl2N2OS. The first-order chi connectivity index (χ1) is 7.25. The van der Waals surface area contributed by atoms with Crippen molar-refractivity contribution in [3.8, 4) is 0 Å². The fraction of sp³-hybridized carbons (Fsp3) is 0.500. The van der Waals surface area contributed by atoms with Crippen LogP contribution in [-0.2, 0) is 0 Å². The second kappa shape index (κ2) is 6.45. The summed E-state index contributed by atoms with van der Waals surface area (Å²) in [6.45, 7) is 1.96. The molecule has 1 fully saturated rings. The molecule has 2 N–H and O–H groups in total. The summed E-state index contributed by atoms with van der Waals surface area (Å²) in [5, 5.41) is 6.28. The molecular weight excluding hydrogens is 267 g/mol. The Labute approximate surface area is 110 Å². The van der Waals surface area contributed by atoms with E-state index in [4.69, 9.17) is 11.6 Å². The maximum absolute atomic E-state index is 11.7. The Balaban J connectivity index is 0.00000128. The lowest BCUT2D eigenvalue weighted by Crippen LogP contribution is -2.42. The van der Waals surface area contributed by atoms with E-state index in [9.17, 15) is 4.79 Å². The SMILES string of the molecule is Cl.O=C(NC1CCNCC1)c1ccc(Cl)s1. The van der Waals surface area contributed by atoms with Crippen LogP contribution in [0.2, 0.25) is 4.34 Å². The number of hydrogen-bond acceptors (Lipinski definition) is 3. The van der Waals surface area contributed by atoms with Crippen molar-refractivity contribution in [1.82, 2.24) is 10.6 Å². The van der Waals surface area contributed by atoms with Gasteiger partial charge in [-0.2, -0.15) is 0 Å². The molecule has 1 aliphatic heterocycles. The van der Waals surface area contributed by atoms with Gasteiger partial charge in [-0.05, 0) is 38.1 Å². The molecule has 1 saturated heterocycles. The highest BCUT2D eigenvalue weighted by atomic mass is 35.5. The normalized spacial score (nSPS) is 16.6. The van der Waals surface area contributed by atoms with Crippen LogP contribution in [0.15, 0.2) is 12.1 Å². The fourth-order valence-corrected chi connectivity index (χ4v) is 2.61. The van der Waals surface area contributed by atoms with Gasteiger partial charge in [-0.1, -0.05) is 11.6 Å². The number of amides is 1. The second-order valence-electron chi connectivity index (χ2n) is 3.60. The van der Waals surface area contributed by atoms with Crippen molar-refractivity contribution in [2.24, 2.45) is 0 Å². The van der Waals surface area contributed by atoms with E-state index in [1.165, 1.54) is 11.3 Å². The van der Waals surface area contributed by atoms with Crippen molar-refractivity contribution in [3.05, 3.63) is 21.3 Å². The summed E-state index contributed by atoms with van der Waals surface area (Å²) < 4.78 is 0.658. The average Bonchev–Trinajstić information content (AvgIpc) is 2.66. The summed E-state index contributed by atoms with van der Waals surface area (Å²) in [6, 6.07) is 3.83. The first kappa shape index (κ1) is 13.8. The highest BCUT2D eigenvalue weighted by Gasteiger charge is 2.17. The molecule has 2 heterocycles. The molecule has 1 amide bonds. The number of carbonyl (C=O) groups excluding carboxylic acids is 1. The lowest BCUT2D eigenvalue weighted by atomic mass is 10.1. The Kier molecular flexibility index (Phi) is 5.55. The predicted molar refractivity (Wildman–Crippen MR) is 69.9 cm³/mol. The monoisotopic (exact) mass is 280 g/mol. The highest BCUT2D eigenvalue weighted by molar-refractivity contribution is 7.17. The van der Waals surface area contributed by atoms with E-state index in [-0.39, 0.29) is 18.3 Å². The lowest BCUT2D eigenvalue weighted by Gasteiger charge is -2.23. The van der Waals surface area contributed by atoms with E-state index in [0.29, 0.717) is 15.3 Å². The minimum Gasteiger partial charge on any atom is -0.349 e. The van der Waals surface area contributed by atoms with E-state index in [1.807, 2.05) is 0 Å².